The number of benzene rings is 3. The fourth-order valence-corrected chi connectivity index (χ4v) is 5.42. The van der Waals surface area contributed by atoms with Crippen molar-refractivity contribution in [3.8, 4) is 0 Å². The molecule has 0 bridgehead atoms. The number of aromatic carboxylic acids is 1. The zero-order valence-corrected chi connectivity index (χ0v) is 23.7. The van der Waals surface area contributed by atoms with E-state index < -0.39 is 33.3 Å². The van der Waals surface area contributed by atoms with Crippen LogP contribution in [0.5, 0.6) is 0 Å². The van der Waals surface area contributed by atoms with E-state index in [2.05, 4.69) is 10.6 Å². The molecule has 12 heteroatoms. The normalized spacial score (nSPS) is 11.5. The molecule has 198 valence electrons. The van der Waals surface area contributed by atoms with E-state index in [9.17, 15) is 24.3 Å². The number of thioether (sulfide) groups is 1. The van der Waals surface area contributed by atoms with Crippen molar-refractivity contribution in [1.82, 2.24) is 0 Å². The Balaban J connectivity index is 1.78. The summed E-state index contributed by atoms with van der Waals surface area (Å²) in [6.07, 6.45) is 0.512. The number of carbonyl (C=O) groups is 4. The lowest BCUT2D eigenvalue weighted by Crippen LogP contribution is -2.24. The maximum Gasteiger partial charge on any atom is 0.338 e. The highest BCUT2D eigenvalue weighted by Crippen LogP contribution is 2.42. The molecule has 3 N–H and O–H groups in total. The Morgan fingerprint density at radius 2 is 1.45 bits per heavy atom. The zero-order valence-electron chi connectivity index (χ0n) is 19.9. The van der Waals surface area contributed by atoms with Crippen molar-refractivity contribution in [2.75, 3.05) is 10.6 Å². The SMILES string of the molecule is CCC(Sc1cccc(NC(=O)c2c(Cl)c(Cl)c(Cl)c(Cl)c2C(=O)O)c1)C(=O)Nc1ccc(C(C)=O)cc1. The van der Waals surface area contributed by atoms with Crippen LogP contribution in [0.1, 0.15) is 51.3 Å². The van der Waals surface area contributed by atoms with E-state index in [0.29, 0.717) is 28.3 Å². The van der Waals surface area contributed by atoms with Crippen LogP contribution in [0.15, 0.2) is 53.4 Å². The molecule has 0 aliphatic rings. The van der Waals surface area contributed by atoms with Gasteiger partial charge in [0.15, 0.2) is 5.78 Å². The number of halogens is 4. The van der Waals surface area contributed by atoms with Gasteiger partial charge in [-0.2, -0.15) is 0 Å². The van der Waals surface area contributed by atoms with Crippen molar-refractivity contribution in [3.05, 3.63) is 85.3 Å². The third-order valence-electron chi connectivity index (χ3n) is 5.30. The maximum absolute atomic E-state index is 13.0. The Morgan fingerprint density at radius 1 is 0.842 bits per heavy atom. The molecule has 0 saturated carbocycles. The van der Waals surface area contributed by atoms with Crippen LogP contribution in [0, 0.1) is 0 Å². The molecule has 38 heavy (non-hydrogen) atoms. The molecular formula is C26H20Cl4N2O5S. The number of anilines is 2. The summed E-state index contributed by atoms with van der Waals surface area (Å²) in [5, 5.41) is 13.3. The van der Waals surface area contributed by atoms with Crippen LogP contribution < -0.4 is 10.6 Å². The molecule has 3 aromatic carbocycles. The van der Waals surface area contributed by atoms with E-state index in [-0.39, 0.29) is 26.8 Å². The summed E-state index contributed by atoms with van der Waals surface area (Å²) >= 11 is 25.5. The summed E-state index contributed by atoms with van der Waals surface area (Å²) < 4.78 is 0. The highest BCUT2D eigenvalue weighted by molar-refractivity contribution is 8.00. The van der Waals surface area contributed by atoms with Crippen LogP contribution >= 0.6 is 58.2 Å². The minimum Gasteiger partial charge on any atom is -0.478 e. The van der Waals surface area contributed by atoms with E-state index in [1.807, 2.05) is 6.92 Å². The molecule has 0 saturated heterocycles. The van der Waals surface area contributed by atoms with E-state index in [1.54, 1.807) is 48.5 Å². The zero-order chi connectivity index (χ0) is 28.1. The average Bonchev–Trinajstić information content (AvgIpc) is 2.88. The van der Waals surface area contributed by atoms with Gasteiger partial charge in [-0.05, 0) is 55.8 Å². The first-order valence-corrected chi connectivity index (χ1v) is 13.4. The first-order valence-electron chi connectivity index (χ1n) is 11.0. The molecule has 2 amide bonds. The minimum absolute atomic E-state index is 0.0689. The number of Topliss-reactive ketones (excluding diaryl/α,β-unsaturated/α-hetero) is 1. The predicted molar refractivity (Wildman–Crippen MR) is 153 cm³/mol. The van der Waals surface area contributed by atoms with Gasteiger partial charge in [0, 0.05) is 21.8 Å². The van der Waals surface area contributed by atoms with Crippen molar-refractivity contribution >= 4 is 93.1 Å². The molecule has 0 heterocycles. The molecular weight excluding hydrogens is 594 g/mol. The van der Waals surface area contributed by atoms with Crippen LogP contribution in [-0.2, 0) is 4.79 Å². The third-order valence-corrected chi connectivity index (χ3v) is 8.46. The van der Waals surface area contributed by atoms with Gasteiger partial charge in [-0.1, -0.05) is 59.4 Å². The van der Waals surface area contributed by atoms with Gasteiger partial charge < -0.3 is 15.7 Å². The average molecular weight is 614 g/mol. The molecule has 0 aromatic heterocycles. The summed E-state index contributed by atoms with van der Waals surface area (Å²) in [6.45, 7) is 3.33. The Labute approximate surface area is 242 Å². The first kappa shape index (κ1) is 29.8. The number of carboxylic acid groups (broad SMARTS) is 1. The highest BCUT2D eigenvalue weighted by atomic mass is 35.5. The predicted octanol–water partition coefficient (Wildman–Crippen LogP) is 7.96. The second-order valence-corrected chi connectivity index (χ2v) is 10.7. The molecule has 0 fully saturated rings. The van der Waals surface area contributed by atoms with Crippen molar-refractivity contribution in [3.63, 3.8) is 0 Å². The third kappa shape index (κ3) is 6.81. The molecule has 1 atom stereocenters. The number of hydrogen-bond donors (Lipinski definition) is 3. The number of carbonyl (C=O) groups excluding carboxylic acids is 3. The molecule has 1 unspecified atom stereocenters. The van der Waals surface area contributed by atoms with Gasteiger partial charge in [0.05, 0.1) is 36.5 Å². The summed E-state index contributed by atoms with van der Waals surface area (Å²) in [5.74, 6) is -2.65. The standard InChI is InChI=1S/C26H20Cl4N2O5S/c1-3-17(24(34)31-14-9-7-13(8-10-14)12(2)33)38-16-6-4-5-15(11-16)32-25(35)18-19(26(36)37)21(28)23(30)22(29)20(18)27/h4-11,17H,3H2,1-2H3,(H,31,34)(H,32,35)(H,36,37). The Hall–Kier alpha value is -2.75. The van der Waals surface area contributed by atoms with Crippen molar-refractivity contribution in [2.24, 2.45) is 0 Å². The highest BCUT2D eigenvalue weighted by Gasteiger charge is 2.29. The van der Waals surface area contributed by atoms with Crippen molar-refractivity contribution in [2.45, 2.75) is 30.4 Å². The monoisotopic (exact) mass is 612 g/mol. The van der Waals surface area contributed by atoms with Crippen LogP contribution in [0.3, 0.4) is 0 Å². The lowest BCUT2D eigenvalue weighted by Gasteiger charge is -2.16. The molecule has 0 aliphatic carbocycles. The van der Waals surface area contributed by atoms with E-state index in [1.165, 1.54) is 18.7 Å². The number of ketones is 1. The van der Waals surface area contributed by atoms with Crippen LogP contribution in [0.2, 0.25) is 20.1 Å². The van der Waals surface area contributed by atoms with E-state index in [4.69, 9.17) is 46.4 Å². The fraction of sp³-hybridized carbons (Fsp3) is 0.154. The summed E-state index contributed by atoms with van der Waals surface area (Å²) in [5.41, 5.74) is 0.422. The molecule has 3 aromatic rings. The molecule has 7 nitrogen and oxygen atoms in total. The smallest absolute Gasteiger partial charge is 0.338 e. The Bertz CT molecular complexity index is 1430. The molecule has 0 aliphatic heterocycles. The summed E-state index contributed by atoms with van der Waals surface area (Å²) in [4.78, 5) is 49.8. The molecule has 3 rings (SSSR count). The number of carboxylic acids is 1. The van der Waals surface area contributed by atoms with Gasteiger partial charge in [0.1, 0.15) is 0 Å². The van der Waals surface area contributed by atoms with Gasteiger partial charge in [0.2, 0.25) is 5.91 Å². The topological polar surface area (TPSA) is 113 Å². The number of rotatable bonds is 9. The maximum atomic E-state index is 13.0. The second kappa shape index (κ2) is 12.9. The quantitative estimate of drug-likeness (QED) is 0.0976. The number of amides is 2. The van der Waals surface area contributed by atoms with Gasteiger partial charge in [-0.25, -0.2) is 4.79 Å². The van der Waals surface area contributed by atoms with Crippen molar-refractivity contribution < 1.29 is 24.3 Å². The number of hydrogen-bond acceptors (Lipinski definition) is 5. The largest absolute Gasteiger partial charge is 0.478 e. The Morgan fingerprint density at radius 3 is 2.00 bits per heavy atom. The first-order chi connectivity index (χ1) is 17.9. The molecule has 0 spiro atoms. The minimum atomic E-state index is -1.50. The van der Waals surface area contributed by atoms with Gasteiger partial charge in [-0.15, -0.1) is 11.8 Å². The number of nitrogens with one attached hydrogen (secondary N) is 2. The van der Waals surface area contributed by atoms with Gasteiger partial charge >= 0.3 is 5.97 Å². The van der Waals surface area contributed by atoms with Crippen LogP contribution in [0.4, 0.5) is 11.4 Å². The lowest BCUT2D eigenvalue weighted by molar-refractivity contribution is -0.115. The van der Waals surface area contributed by atoms with Crippen LogP contribution in [0.25, 0.3) is 0 Å². The molecule has 0 radical (unpaired) electrons. The van der Waals surface area contributed by atoms with Crippen molar-refractivity contribution in [1.29, 1.82) is 0 Å². The van der Waals surface area contributed by atoms with Gasteiger partial charge in [-0.3, -0.25) is 14.4 Å². The second-order valence-electron chi connectivity index (χ2n) is 7.93. The Kier molecular flexibility index (Phi) is 10.1. The van der Waals surface area contributed by atoms with E-state index in [0.717, 1.165) is 0 Å². The van der Waals surface area contributed by atoms with Crippen LogP contribution in [-0.4, -0.2) is 33.9 Å². The lowest BCUT2D eigenvalue weighted by atomic mass is 10.1. The van der Waals surface area contributed by atoms with E-state index >= 15 is 0 Å². The summed E-state index contributed by atoms with van der Waals surface area (Å²) in [7, 11) is 0. The summed E-state index contributed by atoms with van der Waals surface area (Å²) in [6, 6.07) is 13.3. The van der Waals surface area contributed by atoms with Gasteiger partial charge in [0.25, 0.3) is 5.91 Å². The fourth-order valence-electron chi connectivity index (χ4n) is 3.38.